The van der Waals surface area contributed by atoms with E-state index in [0.29, 0.717) is 17.7 Å². The van der Waals surface area contributed by atoms with Crippen molar-refractivity contribution < 1.29 is 14.3 Å². The SMILES string of the molecule is CCOCCCN1CCN(CCC[C@@H](Cc2ccccc2)NC(=O)C2(NC(=O)c3cc4ccc(C)cc4s3)CCCC2)CC1. The number of ether oxygens (including phenoxy) is 1. The predicted octanol–water partition coefficient (Wildman–Crippen LogP) is 5.80. The quantitative estimate of drug-likeness (QED) is 0.211. The third kappa shape index (κ3) is 8.90. The van der Waals surface area contributed by atoms with E-state index in [-0.39, 0.29) is 17.9 Å². The van der Waals surface area contributed by atoms with Crippen molar-refractivity contribution in [3.8, 4) is 0 Å². The van der Waals surface area contributed by atoms with Crippen molar-refractivity contribution in [3.05, 3.63) is 70.6 Å². The summed E-state index contributed by atoms with van der Waals surface area (Å²) in [5.74, 6) is -0.167. The molecule has 2 heterocycles. The lowest BCUT2D eigenvalue weighted by Gasteiger charge is -2.35. The van der Waals surface area contributed by atoms with Crippen LogP contribution in [-0.4, -0.2) is 85.7 Å². The molecule has 0 bridgehead atoms. The molecule has 5 rings (SSSR count). The molecule has 1 aromatic heterocycles. The number of aryl methyl sites for hydroxylation is 1. The second kappa shape index (κ2) is 16.0. The molecule has 0 radical (unpaired) electrons. The molecule has 2 fully saturated rings. The molecule has 0 spiro atoms. The lowest BCUT2D eigenvalue weighted by Crippen LogP contribution is -2.59. The number of nitrogens with one attached hydrogen (secondary N) is 2. The minimum absolute atomic E-state index is 0.0198. The summed E-state index contributed by atoms with van der Waals surface area (Å²) in [6.45, 7) is 12.3. The number of hydrogen-bond donors (Lipinski definition) is 2. The number of thiophene rings is 1. The molecular weight excluding hydrogens is 568 g/mol. The number of amides is 2. The van der Waals surface area contributed by atoms with Crippen molar-refractivity contribution in [1.29, 1.82) is 0 Å². The van der Waals surface area contributed by atoms with E-state index in [1.807, 2.05) is 19.1 Å². The van der Waals surface area contributed by atoms with Gasteiger partial charge in [-0.1, -0.05) is 55.3 Å². The van der Waals surface area contributed by atoms with E-state index in [1.165, 1.54) is 22.5 Å². The van der Waals surface area contributed by atoms with Gasteiger partial charge in [-0.2, -0.15) is 0 Å². The maximum absolute atomic E-state index is 14.0. The van der Waals surface area contributed by atoms with Gasteiger partial charge in [0.1, 0.15) is 5.54 Å². The fourth-order valence-electron chi connectivity index (χ4n) is 6.70. The van der Waals surface area contributed by atoms with E-state index >= 15 is 0 Å². The van der Waals surface area contributed by atoms with Crippen LogP contribution in [-0.2, 0) is 16.0 Å². The minimum Gasteiger partial charge on any atom is -0.382 e. The van der Waals surface area contributed by atoms with Crippen molar-refractivity contribution in [3.63, 3.8) is 0 Å². The van der Waals surface area contributed by atoms with Crippen LogP contribution in [0.1, 0.15) is 72.7 Å². The van der Waals surface area contributed by atoms with Crippen molar-refractivity contribution >= 4 is 33.2 Å². The molecule has 2 aliphatic rings. The van der Waals surface area contributed by atoms with Gasteiger partial charge in [-0.25, -0.2) is 0 Å². The van der Waals surface area contributed by atoms with Gasteiger partial charge in [-0.05, 0) is 87.6 Å². The Morgan fingerprint density at radius 3 is 2.36 bits per heavy atom. The van der Waals surface area contributed by atoms with Crippen LogP contribution in [0, 0.1) is 6.92 Å². The molecular formula is C36H50N4O3S. The second-order valence-corrected chi connectivity index (χ2v) is 13.7. The molecule has 1 aliphatic heterocycles. The summed E-state index contributed by atoms with van der Waals surface area (Å²) in [6.07, 6.45) is 7.08. The number of hydrogen-bond acceptors (Lipinski definition) is 6. The normalized spacial score (nSPS) is 18.0. The monoisotopic (exact) mass is 618 g/mol. The standard InChI is InChI=1S/C36H50N4O3S/c1-3-43-24-10-19-40-22-20-39(21-23-40)18-9-13-31(26-29-11-5-4-6-12-29)37-35(42)36(16-7-8-17-36)38-34(41)33-27-30-15-14-28(2)25-32(30)44-33/h4-6,11-12,14-15,25,27,31H,3,7-10,13,16-24,26H2,1-2H3,(H,37,42)(H,38,41)/t31-/m0/s1. The Bertz CT molecular complexity index is 1350. The number of carbonyl (C=O) groups excluding carboxylic acids is 2. The van der Waals surface area contributed by atoms with Crippen LogP contribution in [0.25, 0.3) is 10.1 Å². The molecule has 2 N–H and O–H groups in total. The molecule has 7 nitrogen and oxygen atoms in total. The lowest BCUT2D eigenvalue weighted by atomic mass is 9.94. The van der Waals surface area contributed by atoms with E-state index in [9.17, 15) is 9.59 Å². The van der Waals surface area contributed by atoms with Gasteiger partial charge in [0.25, 0.3) is 5.91 Å². The summed E-state index contributed by atoms with van der Waals surface area (Å²) in [7, 11) is 0. The van der Waals surface area contributed by atoms with Crippen molar-refractivity contribution in [2.75, 3.05) is 52.5 Å². The average Bonchev–Trinajstić information content (AvgIpc) is 3.68. The maximum atomic E-state index is 14.0. The Labute approximate surface area is 267 Å². The zero-order valence-electron chi connectivity index (χ0n) is 26.6. The van der Waals surface area contributed by atoms with Crippen LogP contribution in [0.15, 0.2) is 54.6 Å². The molecule has 2 aromatic carbocycles. The van der Waals surface area contributed by atoms with Gasteiger partial charge >= 0.3 is 0 Å². The average molecular weight is 619 g/mol. The fourth-order valence-corrected chi connectivity index (χ4v) is 7.75. The molecule has 3 aromatic rings. The number of piperazine rings is 1. The number of fused-ring (bicyclic) bond motifs is 1. The summed E-state index contributed by atoms with van der Waals surface area (Å²) >= 11 is 1.50. The van der Waals surface area contributed by atoms with Crippen LogP contribution in [0.4, 0.5) is 0 Å². The third-order valence-corrected chi connectivity index (χ3v) is 10.4. The number of carbonyl (C=O) groups is 2. The largest absolute Gasteiger partial charge is 0.382 e. The molecule has 0 unspecified atom stereocenters. The van der Waals surface area contributed by atoms with E-state index in [2.05, 4.69) is 69.8 Å². The first-order valence-corrected chi connectivity index (χ1v) is 17.5. The number of nitrogens with zero attached hydrogens (tertiary/aromatic N) is 2. The van der Waals surface area contributed by atoms with Crippen LogP contribution >= 0.6 is 11.3 Å². The molecule has 44 heavy (non-hydrogen) atoms. The molecule has 1 saturated carbocycles. The Morgan fingerprint density at radius 1 is 0.955 bits per heavy atom. The lowest BCUT2D eigenvalue weighted by molar-refractivity contribution is -0.128. The van der Waals surface area contributed by atoms with E-state index < -0.39 is 5.54 Å². The van der Waals surface area contributed by atoms with Gasteiger partial charge in [-0.3, -0.25) is 9.59 Å². The summed E-state index contributed by atoms with van der Waals surface area (Å²) < 4.78 is 6.60. The smallest absolute Gasteiger partial charge is 0.262 e. The molecule has 2 amide bonds. The van der Waals surface area contributed by atoms with E-state index in [1.54, 1.807) is 0 Å². The third-order valence-electron chi connectivity index (χ3n) is 9.26. The summed E-state index contributed by atoms with van der Waals surface area (Å²) in [5.41, 5.74) is 1.55. The fraction of sp³-hybridized carbons (Fsp3) is 0.556. The van der Waals surface area contributed by atoms with Gasteiger partial charge in [-0.15, -0.1) is 11.3 Å². The van der Waals surface area contributed by atoms with Crippen LogP contribution in [0.5, 0.6) is 0 Å². The predicted molar refractivity (Wildman–Crippen MR) is 181 cm³/mol. The highest BCUT2D eigenvalue weighted by molar-refractivity contribution is 7.20. The topological polar surface area (TPSA) is 73.9 Å². The second-order valence-electron chi connectivity index (χ2n) is 12.6. The minimum atomic E-state index is -0.851. The Morgan fingerprint density at radius 2 is 1.66 bits per heavy atom. The van der Waals surface area contributed by atoms with Crippen molar-refractivity contribution in [1.82, 2.24) is 20.4 Å². The van der Waals surface area contributed by atoms with Gasteiger partial charge < -0.3 is 25.2 Å². The van der Waals surface area contributed by atoms with Gasteiger partial charge in [0, 0.05) is 56.7 Å². The maximum Gasteiger partial charge on any atom is 0.262 e. The molecule has 1 saturated heterocycles. The Kier molecular flexibility index (Phi) is 11.8. The van der Waals surface area contributed by atoms with Gasteiger partial charge in [0.2, 0.25) is 5.91 Å². The zero-order chi connectivity index (χ0) is 30.8. The summed E-state index contributed by atoms with van der Waals surface area (Å²) in [5, 5.41) is 7.72. The molecule has 8 heteroatoms. The summed E-state index contributed by atoms with van der Waals surface area (Å²) in [6, 6.07) is 18.7. The zero-order valence-corrected chi connectivity index (χ0v) is 27.4. The highest BCUT2D eigenvalue weighted by Crippen LogP contribution is 2.32. The Balaban J connectivity index is 1.18. The van der Waals surface area contributed by atoms with Crippen LogP contribution in [0.3, 0.4) is 0 Å². The first-order chi connectivity index (χ1) is 21.4. The van der Waals surface area contributed by atoms with E-state index in [4.69, 9.17) is 4.74 Å². The van der Waals surface area contributed by atoms with Crippen LogP contribution in [0.2, 0.25) is 0 Å². The van der Waals surface area contributed by atoms with Gasteiger partial charge in [0.15, 0.2) is 0 Å². The highest BCUT2D eigenvalue weighted by Gasteiger charge is 2.43. The van der Waals surface area contributed by atoms with Crippen molar-refractivity contribution in [2.24, 2.45) is 0 Å². The molecule has 238 valence electrons. The van der Waals surface area contributed by atoms with Crippen molar-refractivity contribution in [2.45, 2.75) is 76.8 Å². The summed E-state index contributed by atoms with van der Waals surface area (Å²) in [4.78, 5) is 33.3. The first-order valence-electron chi connectivity index (χ1n) is 16.6. The Hall–Kier alpha value is -2.78. The highest BCUT2D eigenvalue weighted by atomic mass is 32.1. The van der Waals surface area contributed by atoms with E-state index in [0.717, 1.165) is 101 Å². The molecule has 1 atom stereocenters. The first kappa shape index (κ1) is 32.6. The van der Waals surface area contributed by atoms with Gasteiger partial charge in [0.05, 0.1) is 4.88 Å². The number of benzene rings is 2. The van der Waals surface area contributed by atoms with Crippen LogP contribution < -0.4 is 10.6 Å². The number of rotatable bonds is 15. The molecule has 1 aliphatic carbocycles.